The van der Waals surface area contributed by atoms with Gasteiger partial charge in [0.2, 0.25) is 0 Å². The molecule has 0 aliphatic carbocycles. The van der Waals surface area contributed by atoms with Crippen molar-refractivity contribution in [1.82, 2.24) is 0 Å². The third kappa shape index (κ3) is 2.24. The minimum Gasteiger partial charge on any atom is -0.454 e. The summed E-state index contributed by atoms with van der Waals surface area (Å²) in [4.78, 5) is 0. The molecule has 0 bridgehead atoms. The van der Waals surface area contributed by atoms with Gasteiger partial charge in [0.15, 0.2) is 5.75 Å². The molecule has 0 unspecified atom stereocenters. The molecule has 0 saturated heterocycles. The summed E-state index contributed by atoms with van der Waals surface area (Å²) in [5.74, 6) is 0.927. The largest absolute Gasteiger partial charge is 0.454 e. The van der Waals surface area contributed by atoms with Crippen molar-refractivity contribution < 1.29 is 4.74 Å². The van der Waals surface area contributed by atoms with Crippen molar-refractivity contribution >= 4 is 17.3 Å². The van der Waals surface area contributed by atoms with E-state index in [9.17, 15) is 0 Å². The summed E-state index contributed by atoms with van der Waals surface area (Å²) in [6.07, 6.45) is 0. The van der Waals surface area contributed by atoms with Gasteiger partial charge in [0.05, 0.1) is 10.7 Å². The molecule has 0 saturated carbocycles. The van der Waals surface area contributed by atoms with Crippen molar-refractivity contribution in [2.24, 2.45) is 0 Å². The maximum absolute atomic E-state index is 9.06. The Bertz CT molecular complexity index is 632. The van der Waals surface area contributed by atoms with E-state index in [0.717, 1.165) is 5.56 Å². The molecule has 4 heteroatoms. The van der Waals surface area contributed by atoms with Crippen LogP contribution in [-0.2, 0) is 0 Å². The lowest BCUT2D eigenvalue weighted by Crippen LogP contribution is -1.96. The van der Waals surface area contributed by atoms with Crippen molar-refractivity contribution in [3.8, 4) is 17.6 Å². The summed E-state index contributed by atoms with van der Waals surface area (Å²) < 4.78 is 5.66. The Morgan fingerprint density at radius 2 is 1.83 bits per heavy atom. The average Bonchev–Trinajstić information content (AvgIpc) is 2.35. The molecule has 0 spiro atoms. The van der Waals surface area contributed by atoms with Crippen LogP contribution < -0.4 is 10.5 Å². The highest BCUT2D eigenvalue weighted by Crippen LogP contribution is 2.33. The second-order valence-corrected chi connectivity index (χ2v) is 4.22. The number of nitrogens with two attached hydrogens (primary N) is 1. The number of ether oxygens (including phenoxy) is 1. The van der Waals surface area contributed by atoms with Crippen molar-refractivity contribution in [2.75, 3.05) is 5.73 Å². The topological polar surface area (TPSA) is 59.0 Å². The summed E-state index contributed by atoms with van der Waals surface area (Å²) in [6, 6.07) is 12.6. The minimum atomic E-state index is 0.306. The Balaban J connectivity index is 2.44. The lowest BCUT2D eigenvalue weighted by Gasteiger charge is -2.11. The predicted molar refractivity (Wildman–Crippen MR) is 71.8 cm³/mol. The van der Waals surface area contributed by atoms with Crippen LogP contribution >= 0.6 is 11.6 Å². The van der Waals surface area contributed by atoms with Crippen LogP contribution in [0.2, 0.25) is 5.02 Å². The summed E-state index contributed by atoms with van der Waals surface area (Å²) in [5, 5.41) is 9.42. The van der Waals surface area contributed by atoms with Crippen LogP contribution in [0.25, 0.3) is 0 Å². The van der Waals surface area contributed by atoms with E-state index in [2.05, 4.69) is 0 Å². The number of hydrogen-bond acceptors (Lipinski definition) is 3. The Hall–Kier alpha value is -2.18. The van der Waals surface area contributed by atoms with Crippen molar-refractivity contribution in [3.63, 3.8) is 0 Å². The highest BCUT2D eigenvalue weighted by molar-refractivity contribution is 6.31. The molecule has 2 aromatic carbocycles. The van der Waals surface area contributed by atoms with Crippen molar-refractivity contribution in [3.05, 3.63) is 52.5 Å². The summed E-state index contributed by atoms with van der Waals surface area (Å²) >= 11 is 5.93. The van der Waals surface area contributed by atoms with Gasteiger partial charge in [-0.05, 0) is 30.7 Å². The van der Waals surface area contributed by atoms with E-state index in [-0.39, 0.29) is 0 Å². The van der Waals surface area contributed by atoms with Gasteiger partial charge in [-0.1, -0.05) is 29.8 Å². The average molecular weight is 259 g/mol. The van der Waals surface area contributed by atoms with Crippen LogP contribution in [-0.4, -0.2) is 0 Å². The van der Waals surface area contributed by atoms with E-state index in [1.165, 1.54) is 0 Å². The van der Waals surface area contributed by atoms with Gasteiger partial charge >= 0.3 is 0 Å². The van der Waals surface area contributed by atoms with E-state index >= 15 is 0 Å². The lowest BCUT2D eigenvalue weighted by atomic mass is 10.2. The van der Waals surface area contributed by atoms with E-state index in [0.29, 0.717) is 27.8 Å². The molecule has 0 aliphatic heterocycles. The van der Waals surface area contributed by atoms with E-state index < -0.39 is 0 Å². The number of halogens is 1. The standard InChI is InChI=1S/C14H11ClN2O/c1-9-4-2-7-13(14(9)17)18-12-6-3-5-11(15)10(12)8-16/h2-7H,17H2,1H3. The van der Waals surface area contributed by atoms with Crippen LogP contribution in [0.15, 0.2) is 36.4 Å². The number of nitrogens with zero attached hydrogens (tertiary/aromatic N) is 1. The molecular weight excluding hydrogens is 248 g/mol. The van der Waals surface area contributed by atoms with Gasteiger partial charge in [0, 0.05) is 0 Å². The minimum absolute atomic E-state index is 0.306. The molecule has 18 heavy (non-hydrogen) atoms. The maximum Gasteiger partial charge on any atom is 0.150 e. The van der Waals surface area contributed by atoms with Gasteiger partial charge < -0.3 is 10.5 Å². The molecule has 2 aromatic rings. The molecule has 0 heterocycles. The normalized spacial score (nSPS) is 9.83. The van der Waals surface area contributed by atoms with Gasteiger partial charge in [0.1, 0.15) is 17.4 Å². The molecule has 0 radical (unpaired) electrons. The van der Waals surface area contributed by atoms with Gasteiger partial charge in [-0.25, -0.2) is 0 Å². The molecule has 2 rings (SSSR count). The Labute approximate surface area is 110 Å². The highest BCUT2D eigenvalue weighted by Gasteiger charge is 2.10. The smallest absolute Gasteiger partial charge is 0.150 e. The third-order valence-electron chi connectivity index (χ3n) is 2.59. The van der Waals surface area contributed by atoms with Crippen molar-refractivity contribution in [2.45, 2.75) is 6.92 Å². The first kappa shape index (κ1) is 12.3. The fourth-order valence-electron chi connectivity index (χ4n) is 1.56. The SMILES string of the molecule is Cc1cccc(Oc2cccc(Cl)c2C#N)c1N. The number of rotatable bonds is 2. The van der Waals surface area contributed by atoms with E-state index in [1.807, 2.05) is 25.1 Å². The second-order valence-electron chi connectivity index (χ2n) is 3.81. The van der Waals surface area contributed by atoms with E-state index in [4.69, 9.17) is 27.3 Å². The van der Waals surface area contributed by atoms with Crippen molar-refractivity contribution in [1.29, 1.82) is 5.26 Å². The molecular formula is C14H11ClN2O. The zero-order chi connectivity index (χ0) is 13.1. The number of nitriles is 1. The molecule has 0 amide bonds. The van der Waals surface area contributed by atoms with Crippen LogP contribution in [0, 0.1) is 18.3 Å². The van der Waals surface area contributed by atoms with Gasteiger partial charge in [-0.2, -0.15) is 5.26 Å². The lowest BCUT2D eigenvalue weighted by molar-refractivity contribution is 0.483. The highest BCUT2D eigenvalue weighted by atomic mass is 35.5. The van der Waals surface area contributed by atoms with Gasteiger partial charge in [0.25, 0.3) is 0 Å². The first-order valence-electron chi connectivity index (χ1n) is 5.35. The molecule has 0 fully saturated rings. The number of hydrogen-bond donors (Lipinski definition) is 1. The molecule has 0 atom stereocenters. The summed E-state index contributed by atoms with van der Waals surface area (Å²) in [6.45, 7) is 1.89. The maximum atomic E-state index is 9.06. The number of nitrogen functional groups attached to an aromatic ring is 1. The molecule has 90 valence electrons. The second kappa shape index (κ2) is 4.99. The Kier molecular flexibility index (Phi) is 3.40. The fourth-order valence-corrected chi connectivity index (χ4v) is 1.77. The Morgan fingerprint density at radius 3 is 2.56 bits per heavy atom. The first-order valence-corrected chi connectivity index (χ1v) is 5.73. The molecule has 3 nitrogen and oxygen atoms in total. The molecule has 2 N–H and O–H groups in total. The fraction of sp³-hybridized carbons (Fsp3) is 0.0714. The number of para-hydroxylation sites is 1. The summed E-state index contributed by atoms with van der Waals surface area (Å²) in [7, 11) is 0. The molecule has 0 aromatic heterocycles. The monoisotopic (exact) mass is 258 g/mol. The number of aryl methyl sites for hydroxylation is 1. The zero-order valence-corrected chi connectivity index (χ0v) is 10.5. The van der Waals surface area contributed by atoms with Gasteiger partial charge in [-0.15, -0.1) is 0 Å². The first-order chi connectivity index (χ1) is 8.63. The van der Waals surface area contributed by atoms with Gasteiger partial charge in [-0.3, -0.25) is 0 Å². The number of benzene rings is 2. The van der Waals surface area contributed by atoms with Crippen LogP contribution in [0.3, 0.4) is 0 Å². The van der Waals surface area contributed by atoms with Crippen LogP contribution in [0.4, 0.5) is 5.69 Å². The van der Waals surface area contributed by atoms with Crippen LogP contribution in [0.1, 0.15) is 11.1 Å². The quantitative estimate of drug-likeness (QED) is 0.831. The third-order valence-corrected chi connectivity index (χ3v) is 2.91. The zero-order valence-electron chi connectivity index (χ0n) is 9.77. The van der Waals surface area contributed by atoms with E-state index in [1.54, 1.807) is 24.3 Å². The molecule has 0 aliphatic rings. The predicted octanol–water partition coefficient (Wildman–Crippen LogP) is 3.89. The van der Waals surface area contributed by atoms with Crippen LogP contribution in [0.5, 0.6) is 11.5 Å². The summed E-state index contributed by atoms with van der Waals surface area (Å²) in [5.41, 5.74) is 7.71. The Morgan fingerprint density at radius 1 is 1.17 bits per heavy atom. The number of anilines is 1.